The van der Waals surface area contributed by atoms with E-state index in [2.05, 4.69) is 4.98 Å². The Morgan fingerprint density at radius 2 is 2.00 bits per heavy atom. The molecule has 1 aromatic carbocycles. The second-order valence-corrected chi connectivity index (χ2v) is 3.10. The quantitative estimate of drug-likeness (QED) is 0.691. The minimum absolute atomic E-state index is 0.315. The molecule has 1 heterocycles. The molecule has 2 nitrogen and oxygen atoms in total. The lowest BCUT2D eigenvalue weighted by Crippen LogP contribution is -1.91. The fourth-order valence-corrected chi connectivity index (χ4v) is 1.43. The number of hydrogen-bond acceptors (Lipinski definition) is 2. The first kappa shape index (κ1) is 8.94. The molecule has 0 aliphatic rings. The van der Waals surface area contributed by atoms with Crippen LogP contribution in [0.15, 0.2) is 24.3 Å². The number of hydrogen-bond donors (Lipinski definition) is 0. The molecule has 0 saturated heterocycles. The zero-order valence-electron chi connectivity index (χ0n) is 8.04. The number of ether oxygens (including phenoxy) is 1. The van der Waals surface area contributed by atoms with E-state index in [4.69, 9.17) is 4.74 Å². The van der Waals surface area contributed by atoms with Crippen molar-refractivity contribution in [2.45, 2.75) is 6.92 Å². The van der Waals surface area contributed by atoms with E-state index in [-0.39, 0.29) is 5.82 Å². The molecule has 3 heteroatoms. The maximum atomic E-state index is 13.4. The summed E-state index contributed by atoms with van der Waals surface area (Å²) in [7, 11) is 1.56. The van der Waals surface area contributed by atoms with Crippen molar-refractivity contribution in [3.05, 3.63) is 35.8 Å². The minimum atomic E-state index is -0.315. The summed E-state index contributed by atoms with van der Waals surface area (Å²) in [6.45, 7) is 1.83. The van der Waals surface area contributed by atoms with Gasteiger partial charge in [-0.1, -0.05) is 0 Å². The van der Waals surface area contributed by atoms with Crippen molar-refractivity contribution in [1.82, 2.24) is 4.98 Å². The summed E-state index contributed by atoms with van der Waals surface area (Å²) in [6.07, 6.45) is 0. The highest BCUT2D eigenvalue weighted by Gasteiger charge is 2.06. The SMILES string of the molecule is COc1ccc(F)c2nc(C)ccc12. The number of fused-ring (bicyclic) bond motifs is 1. The Hall–Kier alpha value is -1.64. The number of pyridine rings is 1. The highest BCUT2D eigenvalue weighted by Crippen LogP contribution is 2.26. The zero-order chi connectivity index (χ0) is 10.1. The Bertz CT molecular complexity index is 482. The summed E-state index contributed by atoms with van der Waals surface area (Å²) in [5.41, 5.74) is 1.16. The molecule has 0 unspecified atom stereocenters. The van der Waals surface area contributed by atoms with Crippen molar-refractivity contribution in [2.24, 2.45) is 0 Å². The van der Waals surface area contributed by atoms with Gasteiger partial charge in [0.2, 0.25) is 0 Å². The number of benzene rings is 1. The number of rotatable bonds is 1. The molecule has 0 aliphatic heterocycles. The second-order valence-electron chi connectivity index (χ2n) is 3.10. The molecule has 2 aromatic rings. The van der Waals surface area contributed by atoms with Gasteiger partial charge in [-0.2, -0.15) is 0 Å². The van der Waals surface area contributed by atoms with Gasteiger partial charge in [-0.15, -0.1) is 0 Å². The second kappa shape index (κ2) is 3.25. The number of nitrogens with zero attached hydrogens (tertiary/aromatic N) is 1. The largest absolute Gasteiger partial charge is 0.496 e. The van der Waals surface area contributed by atoms with Crippen LogP contribution in [0.3, 0.4) is 0 Å². The van der Waals surface area contributed by atoms with E-state index in [0.717, 1.165) is 5.69 Å². The smallest absolute Gasteiger partial charge is 0.149 e. The number of aryl methyl sites for hydroxylation is 1. The minimum Gasteiger partial charge on any atom is -0.496 e. The van der Waals surface area contributed by atoms with Gasteiger partial charge in [-0.3, -0.25) is 0 Å². The third kappa shape index (κ3) is 1.31. The van der Waals surface area contributed by atoms with Gasteiger partial charge in [-0.05, 0) is 31.2 Å². The van der Waals surface area contributed by atoms with E-state index in [1.807, 2.05) is 19.1 Å². The molecule has 0 atom stereocenters. The number of halogens is 1. The molecule has 0 bridgehead atoms. The van der Waals surface area contributed by atoms with Gasteiger partial charge >= 0.3 is 0 Å². The standard InChI is InChI=1S/C11H10FNO/c1-7-3-4-8-10(14-2)6-5-9(12)11(8)13-7/h3-6H,1-2H3. The Morgan fingerprint density at radius 3 is 2.71 bits per heavy atom. The van der Waals surface area contributed by atoms with Crippen LogP contribution in [0.2, 0.25) is 0 Å². The summed E-state index contributed by atoms with van der Waals surface area (Å²) in [6, 6.07) is 6.63. The van der Waals surface area contributed by atoms with Gasteiger partial charge in [0, 0.05) is 11.1 Å². The van der Waals surface area contributed by atoms with Gasteiger partial charge in [-0.25, -0.2) is 9.37 Å². The van der Waals surface area contributed by atoms with Crippen LogP contribution in [0.1, 0.15) is 5.69 Å². The topological polar surface area (TPSA) is 22.1 Å². The number of methoxy groups -OCH3 is 1. The molecule has 0 amide bonds. The average molecular weight is 191 g/mol. The van der Waals surface area contributed by atoms with E-state index < -0.39 is 0 Å². The highest BCUT2D eigenvalue weighted by atomic mass is 19.1. The van der Waals surface area contributed by atoms with Crippen LogP contribution >= 0.6 is 0 Å². The predicted molar refractivity (Wildman–Crippen MR) is 53.0 cm³/mol. The van der Waals surface area contributed by atoms with E-state index in [1.165, 1.54) is 6.07 Å². The molecule has 1 aromatic heterocycles. The molecule has 0 radical (unpaired) electrons. The number of aromatic nitrogens is 1. The molecular weight excluding hydrogens is 181 g/mol. The van der Waals surface area contributed by atoms with E-state index in [9.17, 15) is 4.39 Å². The van der Waals surface area contributed by atoms with Crippen molar-refractivity contribution in [3.63, 3.8) is 0 Å². The lowest BCUT2D eigenvalue weighted by Gasteiger charge is -2.05. The lowest BCUT2D eigenvalue weighted by atomic mass is 10.2. The Kier molecular flexibility index (Phi) is 2.08. The average Bonchev–Trinajstić information content (AvgIpc) is 2.19. The van der Waals surface area contributed by atoms with Gasteiger partial charge in [0.15, 0.2) is 0 Å². The van der Waals surface area contributed by atoms with Crippen molar-refractivity contribution >= 4 is 10.9 Å². The highest BCUT2D eigenvalue weighted by molar-refractivity contribution is 5.85. The van der Waals surface area contributed by atoms with Gasteiger partial charge < -0.3 is 4.74 Å². The van der Waals surface area contributed by atoms with Crippen LogP contribution in [0.25, 0.3) is 10.9 Å². The molecule has 0 fully saturated rings. The normalized spacial score (nSPS) is 10.5. The molecule has 0 aliphatic carbocycles. The molecule has 72 valence electrons. The predicted octanol–water partition coefficient (Wildman–Crippen LogP) is 2.69. The van der Waals surface area contributed by atoms with Crippen molar-refractivity contribution in [2.75, 3.05) is 7.11 Å². The maximum Gasteiger partial charge on any atom is 0.149 e. The summed E-state index contributed by atoms with van der Waals surface area (Å²) >= 11 is 0. The molecule has 0 saturated carbocycles. The van der Waals surface area contributed by atoms with Crippen LogP contribution in [0, 0.1) is 12.7 Å². The molecule has 2 rings (SSSR count). The molecular formula is C11H10FNO. The van der Waals surface area contributed by atoms with Crippen LogP contribution in [-0.4, -0.2) is 12.1 Å². The van der Waals surface area contributed by atoms with Crippen molar-refractivity contribution in [1.29, 1.82) is 0 Å². The van der Waals surface area contributed by atoms with E-state index in [0.29, 0.717) is 16.7 Å². The van der Waals surface area contributed by atoms with Crippen LogP contribution in [0.5, 0.6) is 5.75 Å². The van der Waals surface area contributed by atoms with Crippen molar-refractivity contribution < 1.29 is 9.13 Å². The zero-order valence-corrected chi connectivity index (χ0v) is 8.04. The van der Waals surface area contributed by atoms with Gasteiger partial charge in [0.05, 0.1) is 7.11 Å². The molecule has 0 spiro atoms. The summed E-state index contributed by atoms with van der Waals surface area (Å²) in [5.74, 6) is 0.332. The van der Waals surface area contributed by atoms with Crippen LogP contribution in [-0.2, 0) is 0 Å². The summed E-state index contributed by atoms with van der Waals surface area (Å²) in [4.78, 5) is 4.13. The first-order valence-electron chi connectivity index (χ1n) is 4.32. The summed E-state index contributed by atoms with van der Waals surface area (Å²) in [5, 5.41) is 0.707. The van der Waals surface area contributed by atoms with Crippen molar-refractivity contribution in [3.8, 4) is 5.75 Å². The van der Waals surface area contributed by atoms with Crippen LogP contribution in [0.4, 0.5) is 4.39 Å². The van der Waals surface area contributed by atoms with Crippen LogP contribution < -0.4 is 4.74 Å². The molecule has 0 N–H and O–H groups in total. The van der Waals surface area contributed by atoms with Gasteiger partial charge in [0.25, 0.3) is 0 Å². The first-order chi connectivity index (χ1) is 6.72. The fraction of sp³-hybridized carbons (Fsp3) is 0.182. The van der Waals surface area contributed by atoms with E-state index in [1.54, 1.807) is 13.2 Å². The Morgan fingerprint density at radius 1 is 1.21 bits per heavy atom. The Labute approximate surface area is 81.3 Å². The summed E-state index contributed by atoms with van der Waals surface area (Å²) < 4.78 is 18.5. The maximum absolute atomic E-state index is 13.4. The third-order valence-electron chi connectivity index (χ3n) is 2.13. The first-order valence-corrected chi connectivity index (χ1v) is 4.32. The Balaban J connectivity index is 2.84. The van der Waals surface area contributed by atoms with E-state index >= 15 is 0 Å². The fourth-order valence-electron chi connectivity index (χ4n) is 1.43. The lowest BCUT2D eigenvalue weighted by molar-refractivity contribution is 0.419. The molecule has 14 heavy (non-hydrogen) atoms. The monoisotopic (exact) mass is 191 g/mol. The van der Waals surface area contributed by atoms with Gasteiger partial charge in [0.1, 0.15) is 17.1 Å². The third-order valence-corrected chi connectivity index (χ3v) is 2.13.